The average Bonchev–Trinajstić information content (AvgIpc) is 3.27. The highest BCUT2D eigenvalue weighted by molar-refractivity contribution is 7.99. The molecule has 0 radical (unpaired) electrons. The standard InChI is InChI=1S/C26H26ClN5OS/c27-25-22(14-7-15-28-25)29-24(33)17-34-26-31-30-23(32(26)20-11-2-1-3-12-20)16-19-10-6-9-18-8-4-5-13-21(18)19/h4-10,13-15,20H,1-3,11-12,16-17H2,(H,29,33). The van der Waals surface area contributed by atoms with Crippen LogP contribution in [-0.2, 0) is 11.2 Å². The summed E-state index contributed by atoms with van der Waals surface area (Å²) in [7, 11) is 0. The number of amides is 1. The maximum atomic E-state index is 12.6. The van der Waals surface area contributed by atoms with Crippen LogP contribution in [0.4, 0.5) is 5.69 Å². The third-order valence-corrected chi connectivity index (χ3v) is 7.51. The SMILES string of the molecule is O=C(CSc1nnc(Cc2cccc3ccccc23)n1C1CCCCC1)Nc1cccnc1Cl. The normalized spacial score (nSPS) is 14.4. The molecule has 0 saturated heterocycles. The Balaban J connectivity index is 1.38. The van der Waals surface area contributed by atoms with E-state index >= 15 is 0 Å². The van der Waals surface area contributed by atoms with Crippen LogP contribution in [0, 0.1) is 0 Å². The van der Waals surface area contributed by atoms with E-state index in [9.17, 15) is 4.79 Å². The van der Waals surface area contributed by atoms with Crippen molar-refractivity contribution < 1.29 is 4.79 Å². The number of benzene rings is 2. The predicted octanol–water partition coefficient (Wildman–Crippen LogP) is 6.31. The summed E-state index contributed by atoms with van der Waals surface area (Å²) in [5, 5.41) is 15.5. The molecule has 2 aromatic carbocycles. The first-order chi connectivity index (χ1) is 16.7. The summed E-state index contributed by atoms with van der Waals surface area (Å²) >= 11 is 7.50. The highest BCUT2D eigenvalue weighted by Crippen LogP contribution is 2.34. The lowest BCUT2D eigenvalue weighted by Gasteiger charge is -2.25. The second kappa shape index (κ2) is 10.6. The minimum atomic E-state index is -0.145. The maximum absolute atomic E-state index is 12.6. The zero-order valence-electron chi connectivity index (χ0n) is 18.8. The highest BCUT2D eigenvalue weighted by Gasteiger charge is 2.24. The molecule has 1 aliphatic rings. The van der Waals surface area contributed by atoms with Crippen molar-refractivity contribution in [3.8, 4) is 0 Å². The quantitative estimate of drug-likeness (QED) is 0.242. The lowest BCUT2D eigenvalue weighted by Crippen LogP contribution is -2.18. The number of nitrogens with one attached hydrogen (secondary N) is 1. The van der Waals surface area contributed by atoms with E-state index in [0.717, 1.165) is 23.8 Å². The Labute approximate surface area is 208 Å². The van der Waals surface area contributed by atoms with Gasteiger partial charge in [0.2, 0.25) is 5.91 Å². The molecule has 1 aliphatic carbocycles. The van der Waals surface area contributed by atoms with E-state index in [1.54, 1.807) is 18.3 Å². The van der Waals surface area contributed by atoms with Gasteiger partial charge in [-0.15, -0.1) is 10.2 Å². The summed E-state index contributed by atoms with van der Waals surface area (Å²) in [5.41, 5.74) is 1.75. The summed E-state index contributed by atoms with van der Waals surface area (Å²) in [6.07, 6.45) is 8.23. The Kier molecular flexibility index (Phi) is 7.11. The van der Waals surface area contributed by atoms with E-state index in [1.165, 1.54) is 47.4 Å². The van der Waals surface area contributed by atoms with Crippen molar-refractivity contribution in [2.45, 2.75) is 49.7 Å². The fourth-order valence-corrected chi connectivity index (χ4v) is 5.64. The molecule has 0 aliphatic heterocycles. The summed E-state index contributed by atoms with van der Waals surface area (Å²) < 4.78 is 2.29. The lowest BCUT2D eigenvalue weighted by atomic mass is 9.95. The number of rotatable bonds is 7. The van der Waals surface area contributed by atoms with Crippen molar-refractivity contribution in [1.29, 1.82) is 0 Å². The summed E-state index contributed by atoms with van der Waals surface area (Å²) in [5.74, 6) is 1.04. The van der Waals surface area contributed by atoms with Crippen LogP contribution < -0.4 is 5.32 Å². The van der Waals surface area contributed by atoms with Crippen LogP contribution in [0.2, 0.25) is 5.15 Å². The van der Waals surface area contributed by atoms with Crippen LogP contribution in [0.1, 0.15) is 49.5 Å². The van der Waals surface area contributed by atoms with E-state index in [1.807, 2.05) is 0 Å². The van der Waals surface area contributed by atoms with Gasteiger partial charge in [0, 0.05) is 18.7 Å². The number of anilines is 1. The van der Waals surface area contributed by atoms with Gasteiger partial charge in [-0.1, -0.05) is 85.1 Å². The minimum Gasteiger partial charge on any atom is -0.323 e. The van der Waals surface area contributed by atoms with Crippen LogP contribution in [-0.4, -0.2) is 31.4 Å². The van der Waals surface area contributed by atoms with E-state index in [2.05, 4.69) is 67.5 Å². The topological polar surface area (TPSA) is 72.7 Å². The van der Waals surface area contributed by atoms with Crippen molar-refractivity contribution in [2.24, 2.45) is 0 Å². The molecule has 1 amide bonds. The molecule has 0 atom stereocenters. The largest absolute Gasteiger partial charge is 0.323 e. The van der Waals surface area contributed by atoms with Crippen molar-refractivity contribution >= 4 is 45.7 Å². The molecule has 4 aromatic rings. The number of halogens is 1. The van der Waals surface area contributed by atoms with Gasteiger partial charge in [-0.05, 0) is 41.3 Å². The van der Waals surface area contributed by atoms with Gasteiger partial charge in [-0.3, -0.25) is 4.79 Å². The fraction of sp³-hybridized carbons (Fsp3) is 0.308. The molecule has 1 N–H and O–H groups in total. The van der Waals surface area contributed by atoms with Gasteiger partial charge in [-0.25, -0.2) is 4.98 Å². The molecule has 5 rings (SSSR count). The Morgan fingerprint density at radius 1 is 1.03 bits per heavy atom. The molecule has 1 fully saturated rings. The van der Waals surface area contributed by atoms with Gasteiger partial charge in [0.1, 0.15) is 5.82 Å². The number of nitrogens with zero attached hydrogens (tertiary/aromatic N) is 4. The zero-order chi connectivity index (χ0) is 23.3. The third-order valence-electron chi connectivity index (χ3n) is 6.27. The molecular weight excluding hydrogens is 466 g/mol. The smallest absolute Gasteiger partial charge is 0.234 e. The van der Waals surface area contributed by atoms with Gasteiger partial charge in [0.25, 0.3) is 0 Å². The van der Waals surface area contributed by atoms with E-state index in [-0.39, 0.29) is 16.8 Å². The Hall–Kier alpha value is -2.90. The van der Waals surface area contributed by atoms with E-state index in [4.69, 9.17) is 11.6 Å². The second-order valence-electron chi connectivity index (χ2n) is 8.55. The lowest BCUT2D eigenvalue weighted by molar-refractivity contribution is -0.113. The van der Waals surface area contributed by atoms with Gasteiger partial charge in [0.15, 0.2) is 10.3 Å². The number of carbonyl (C=O) groups excluding carboxylic acids is 1. The van der Waals surface area contributed by atoms with Crippen LogP contribution in [0.25, 0.3) is 10.8 Å². The predicted molar refractivity (Wildman–Crippen MR) is 137 cm³/mol. The van der Waals surface area contributed by atoms with Gasteiger partial charge in [0.05, 0.1) is 11.4 Å². The third kappa shape index (κ3) is 5.10. The number of carbonyl (C=O) groups is 1. The van der Waals surface area contributed by atoms with Crippen LogP contribution >= 0.6 is 23.4 Å². The monoisotopic (exact) mass is 491 g/mol. The van der Waals surface area contributed by atoms with E-state index < -0.39 is 0 Å². The number of fused-ring (bicyclic) bond motifs is 1. The first kappa shape index (κ1) is 22.9. The molecule has 0 unspecified atom stereocenters. The fourth-order valence-electron chi connectivity index (χ4n) is 4.65. The van der Waals surface area contributed by atoms with E-state index in [0.29, 0.717) is 18.2 Å². The summed E-state index contributed by atoms with van der Waals surface area (Å²) in [6, 6.07) is 18.7. The Morgan fingerprint density at radius 2 is 1.85 bits per heavy atom. The zero-order valence-corrected chi connectivity index (χ0v) is 20.4. The van der Waals surface area contributed by atoms with Crippen molar-refractivity contribution in [3.63, 3.8) is 0 Å². The van der Waals surface area contributed by atoms with Gasteiger partial charge >= 0.3 is 0 Å². The number of hydrogen-bond acceptors (Lipinski definition) is 5. The molecule has 2 heterocycles. The first-order valence-corrected chi connectivity index (χ1v) is 13.0. The molecule has 0 spiro atoms. The van der Waals surface area contributed by atoms with Crippen LogP contribution in [0.5, 0.6) is 0 Å². The molecule has 6 nitrogen and oxygen atoms in total. The summed E-state index contributed by atoms with van der Waals surface area (Å²) in [6.45, 7) is 0. The Morgan fingerprint density at radius 3 is 2.71 bits per heavy atom. The number of hydrogen-bond donors (Lipinski definition) is 1. The Bertz CT molecular complexity index is 1300. The van der Waals surface area contributed by atoms with Crippen LogP contribution in [0.3, 0.4) is 0 Å². The van der Waals surface area contributed by atoms with Crippen molar-refractivity contribution in [3.05, 3.63) is 77.3 Å². The highest BCUT2D eigenvalue weighted by atomic mass is 35.5. The van der Waals surface area contributed by atoms with Gasteiger partial charge in [-0.2, -0.15) is 0 Å². The molecule has 0 bridgehead atoms. The van der Waals surface area contributed by atoms with Crippen molar-refractivity contribution in [1.82, 2.24) is 19.7 Å². The molecular formula is C26H26ClN5OS. The maximum Gasteiger partial charge on any atom is 0.234 e. The van der Waals surface area contributed by atoms with Crippen LogP contribution in [0.15, 0.2) is 66.0 Å². The number of thioether (sulfide) groups is 1. The van der Waals surface area contributed by atoms with Crippen molar-refractivity contribution in [2.75, 3.05) is 11.1 Å². The molecule has 34 heavy (non-hydrogen) atoms. The average molecular weight is 492 g/mol. The number of aromatic nitrogens is 4. The molecule has 1 saturated carbocycles. The summed E-state index contributed by atoms with van der Waals surface area (Å²) in [4.78, 5) is 16.6. The molecule has 8 heteroatoms. The van der Waals surface area contributed by atoms with Gasteiger partial charge < -0.3 is 9.88 Å². The molecule has 2 aromatic heterocycles. The number of pyridine rings is 1. The minimum absolute atomic E-state index is 0.145. The second-order valence-corrected chi connectivity index (χ2v) is 9.85. The first-order valence-electron chi connectivity index (χ1n) is 11.6. The molecule has 174 valence electrons.